The average molecular weight is 290 g/mol. The van der Waals surface area contributed by atoms with Crippen molar-refractivity contribution in [2.75, 3.05) is 31.6 Å². The molecule has 1 N–H and O–H groups in total. The highest BCUT2D eigenvalue weighted by atomic mass is 16.5. The van der Waals surface area contributed by atoms with Crippen molar-refractivity contribution >= 4 is 11.6 Å². The van der Waals surface area contributed by atoms with E-state index in [2.05, 4.69) is 24.1 Å². The predicted octanol–water partition coefficient (Wildman–Crippen LogP) is 3.15. The van der Waals surface area contributed by atoms with Crippen LogP contribution in [-0.4, -0.2) is 37.0 Å². The minimum absolute atomic E-state index is 0.0627. The topological polar surface area (TPSA) is 41.6 Å². The first-order valence-electron chi connectivity index (χ1n) is 7.88. The van der Waals surface area contributed by atoms with Gasteiger partial charge in [0.2, 0.25) is 5.91 Å². The fourth-order valence-corrected chi connectivity index (χ4v) is 2.42. The summed E-state index contributed by atoms with van der Waals surface area (Å²) in [6.45, 7) is 7.52. The molecular weight excluding hydrogens is 264 g/mol. The van der Waals surface area contributed by atoms with Crippen molar-refractivity contribution in [3.8, 4) is 5.75 Å². The first-order valence-corrected chi connectivity index (χ1v) is 7.88. The number of nitrogens with zero attached hydrogens (tertiary/aromatic N) is 1. The van der Waals surface area contributed by atoms with Gasteiger partial charge in [0.1, 0.15) is 5.75 Å². The summed E-state index contributed by atoms with van der Waals surface area (Å²) in [5.41, 5.74) is 0.828. The molecule has 4 heteroatoms. The zero-order valence-electron chi connectivity index (χ0n) is 13.1. The van der Waals surface area contributed by atoms with Crippen LogP contribution in [0.25, 0.3) is 0 Å². The Hall–Kier alpha value is -1.55. The van der Waals surface area contributed by atoms with Crippen molar-refractivity contribution in [3.05, 3.63) is 24.3 Å². The molecule has 1 aliphatic rings. The molecule has 1 aliphatic heterocycles. The quantitative estimate of drug-likeness (QED) is 0.875. The third-order valence-electron chi connectivity index (χ3n) is 3.54. The minimum Gasteiger partial charge on any atom is -0.493 e. The van der Waals surface area contributed by atoms with Crippen LogP contribution in [-0.2, 0) is 4.79 Å². The van der Waals surface area contributed by atoms with E-state index in [4.69, 9.17) is 4.74 Å². The summed E-state index contributed by atoms with van der Waals surface area (Å²) in [5, 5.41) is 2.95. The minimum atomic E-state index is 0.0627. The monoisotopic (exact) mass is 290 g/mol. The zero-order chi connectivity index (χ0) is 15.1. The van der Waals surface area contributed by atoms with E-state index in [-0.39, 0.29) is 5.91 Å². The Bertz CT molecular complexity index is 437. The molecule has 0 saturated carbocycles. The third-order valence-corrected chi connectivity index (χ3v) is 3.54. The SMILES string of the molecule is CC(C)COc1ccc(NC(=O)CN2CCCCC2)cc1. The van der Waals surface area contributed by atoms with Crippen LogP contribution in [0, 0.1) is 5.92 Å². The maximum absolute atomic E-state index is 12.0. The van der Waals surface area contributed by atoms with Crippen molar-refractivity contribution in [1.29, 1.82) is 0 Å². The second-order valence-corrected chi connectivity index (χ2v) is 6.11. The van der Waals surface area contributed by atoms with Gasteiger partial charge in [-0.1, -0.05) is 20.3 Å². The first kappa shape index (κ1) is 15.8. The summed E-state index contributed by atoms with van der Waals surface area (Å²) in [7, 11) is 0. The summed E-state index contributed by atoms with van der Waals surface area (Å²) in [4.78, 5) is 14.2. The van der Waals surface area contributed by atoms with Crippen LogP contribution in [0.4, 0.5) is 5.69 Å². The standard InChI is InChI=1S/C17H26N2O2/c1-14(2)13-21-16-8-6-15(7-9-16)18-17(20)12-19-10-4-3-5-11-19/h6-9,14H,3-5,10-13H2,1-2H3,(H,18,20). The molecule has 0 spiro atoms. The number of rotatable bonds is 6. The van der Waals surface area contributed by atoms with E-state index in [1.54, 1.807) is 0 Å². The molecule has 0 bridgehead atoms. The number of carbonyl (C=O) groups excluding carboxylic acids is 1. The van der Waals surface area contributed by atoms with Gasteiger partial charge in [-0.25, -0.2) is 0 Å². The molecule has 1 saturated heterocycles. The Labute approximate surface area is 127 Å². The van der Waals surface area contributed by atoms with Crippen LogP contribution in [0.1, 0.15) is 33.1 Å². The van der Waals surface area contributed by atoms with Crippen LogP contribution in [0.5, 0.6) is 5.75 Å². The largest absolute Gasteiger partial charge is 0.493 e. The predicted molar refractivity (Wildman–Crippen MR) is 85.7 cm³/mol. The van der Waals surface area contributed by atoms with Crippen molar-refractivity contribution in [2.45, 2.75) is 33.1 Å². The summed E-state index contributed by atoms with van der Waals surface area (Å²) < 4.78 is 5.63. The van der Waals surface area contributed by atoms with Crippen LogP contribution in [0.3, 0.4) is 0 Å². The molecule has 0 atom stereocenters. The molecule has 2 rings (SSSR count). The van der Waals surface area contributed by atoms with Gasteiger partial charge < -0.3 is 10.1 Å². The molecule has 0 unspecified atom stereocenters. The number of anilines is 1. The fraction of sp³-hybridized carbons (Fsp3) is 0.588. The molecule has 116 valence electrons. The molecular formula is C17H26N2O2. The summed E-state index contributed by atoms with van der Waals surface area (Å²) in [6.07, 6.45) is 3.69. The second kappa shape index (κ2) is 8.03. The number of carbonyl (C=O) groups is 1. The lowest BCUT2D eigenvalue weighted by molar-refractivity contribution is -0.117. The van der Waals surface area contributed by atoms with Gasteiger partial charge in [-0.2, -0.15) is 0 Å². The molecule has 1 heterocycles. The molecule has 1 amide bonds. The Morgan fingerprint density at radius 3 is 2.48 bits per heavy atom. The summed E-state index contributed by atoms with van der Waals surface area (Å²) in [6, 6.07) is 7.59. The van der Waals surface area contributed by atoms with Gasteiger partial charge in [-0.15, -0.1) is 0 Å². The number of hydrogen-bond donors (Lipinski definition) is 1. The van der Waals surface area contributed by atoms with E-state index in [1.807, 2.05) is 24.3 Å². The summed E-state index contributed by atoms with van der Waals surface area (Å²) >= 11 is 0. The van der Waals surface area contributed by atoms with Gasteiger partial charge in [0.15, 0.2) is 0 Å². The molecule has 4 nitrogen and oxygen atoms in total. The van der Waals surface area contributed by atoms with E-state index in [9.17, 15) is 4.79 Å². The highest BCUT2D eigenvalue weighted by molar-refractivity contribution is 5.92. The zero-order valence-corrected chi connectivity index (χ0v) is 13.1. The van der Waals surface area contributed by atoms with E-state index in [0.29, 0.717) is 19.1 Å². The molecule has 1 fully saturated rings. The van der Waals surface area contributed by atoms with Crippen molar-refractivity contribution in [3.63, 3.8) is 0 Å². The fourth-order valence-electron chi connectivity index (χ4n) is 2.42. The number of benzene rings is 1. The normalized spacial score (nSPS) is 16.0. The van der Waals surface area contributed by atoms with Crippen molar-refractivity contribution in [2.24, 2.45) is 5.92 Å². The third kappa shape index (κ3) is 5.76. The Morgan fingerprint density at radius 1 is 1.19 bits per heavy atom. The van der Waals surface area contributed by atoms with Crippen LogP contribution in [0.2, 0.25) is 0 Å². The van der Waals surface area contributed by atoms with Gasteiger partial charge >= 0.3 is 0 Å². The van der Waals surface area contributed by atoms with Gasteiger partial charge in [-0.3, -0.25) is 9.69 Å². The van der Waals surface area contributed by atoms with Crippen molar-refractivity contribution in [1.82, 2.24) is 4.90 Å². The maximum Gasteiger partial charge on any atom is 0.238 e. The number of piperidine rings is 1. The number of ether oxygens (including phenoxy) is 1. The number of amides is 1. The Kier molecular flexibility index (Phi) is 6.05. The second-order valence-electron chi connectivity index (χ2n) is 6.11. The molecule has 0 aromatic heterocycles. The smallest absolute Gasteiger partial charge is 0.238 e. The highest BCUT2D eigenvalue weighted by Crippen LogP contribution is 2.16. The Balaban J connectivity index is 1.77. The van der Waals surface area contributed by atoms with Crippen molar-refractivity contribution < 1.29 is 9.53 Å². The van der Waals surface area contributed by atoms with Gasteiger partial charge in [-0.05, 0) is 56.1 Å². The number of nitrogens with one attached hydrogen (secondary N) is 1. The Morgan fingerprint density at radius 2 is 1.86 bits per heavy atom. The highest BCUT2D eigenvalue weighted by Gasteiger charge is 2.13. The summed E-state index contributed by atoms with van der Waals surface area (Å²) in [5.74, 6) is 1.42. The van der Waals surface area contributed by atoms with Crippen LogP contribution < -0.4 is 10.1 Å². The lowest BCUT2D eigenvalue weighted by Crippen LogP contribution is -2.36. The average Bonchev–Trinajstić information content (AvgIpc) is 2.47. The first-order chi connectivity index (χ1) is 10.1. The van der Waals surface area contributed by atoms with Gasteiger partial charge in [0, 0.05) is 5.69 Å². The maximum atomic E-state index is 12.0. The van der Waals surface area contributed by atoms with Gasteiger partial charge in [0.05, 0.1) is 13.2 Å². The number of hydrogen-bond acceptors (Lipinski definition) is 3. The molecule has 1 aromatic rings. The van der Waals surface area contributed by atoms with E-state index < -0.39 is 0 Å². The lowest BCUT2D eigenvalue weighted by Gasteiger charge is -2.25. The molecule has 0 aliphatic carbocycles. The lowest BCUT2D eigenvalue weighted by atomic mass is 10.1. The number of likely N-dealkylation sites (tertiary alicyclic amines) is 1. The van der Waals surface area contributed by atoms with E-state index in [1.165, 1.54) is 19.3 Å². The van der Waals surface area contributed by atoms with Crippen LogP contribution in [0.15, 0.2) is 24.3 Å². The molecule has 1 aromatic carbocycles. The van der Waals surface area contributed by atoms with E-state index >= 15 is 0 Å². The molecule has 21 heavy (non-hydrogen) atoms. The van der Waals surface area contributed by atoms with Crippen LogP contribution >= 0.6 is 0 Å². The van der Waals surface area contributed by atoms with E-state index in [0.717, 1.165) is 24.5 Å². The van der Waals surface area contributed by atoms with Gasteiger partial charge in [0.25, 0.3) is 0 Å². The molecule has 0 radical (unpaired) electrons.